The van der Waals surface area contributed by atoms with Crippen molar-refractivity contribution in [2.45, 2.75) is 6.92 Å². The summed E-state index contributed by atoms with van der Waals surface area (Å²) in [4.78, 5) is 9.70. The monoisotopic (exact) mass is 353 g/mol. The van der Waals surface area contributed by atoms with Crippen molar-refractivity contribution in [1.29, 1.82) is 0 Å². The maximum Gasteiger partial charge on any atom is 0.188 e. The largest absolute Gasteiger partial charge is 0.345 e. The molecule has 0 radical (unpaired) electrons. The molecule has 1 aromatic carbocycles. The minimum Gasteiger partial charge on any atom is -0.345 e. The fourth-order valence-electron chi connectivity index (χ4n) is 3.23. The van der Waals surface area contributed by atoms with Crippen molar-refractivity contribution >= 4 is 32.9 Å². The van der Waals surface area contributed by atoms with Gasteiger partial charge in [-0.15, -0.1) is 0 Å². The Morgan fingerprint density at radius 1 is 1.12 bits per heavy atom. The standard InChI is InChI=1S/C19H23N5S/c1-15-17-18(22(2)21-15)20-19(25-17)24-13-11-23(12-14-24)10-6-9-16-7-4-3-5-8-16/h3-9H,10-14H2,1-2H3. The van der Waals surface area contributed by atoms with Gasteiger partial charge in [0, 0.05) is 39.8 Å². The predicted octanol–water partition coefficient (Wildman–Crippen LogP) is 3.17. The second-order valence-corrected chi connectivity index (χ2v) is 7.44. The van der Waals surface area contributed by atoms with E-state index in [1.807, 2.05) is 11.7 Å². The molecule has 0 unspecified atom stereocenters. The summed E-state index contributed by atoms with van der Waals surface area (Å²) in [6.07, 6.45) is 4.47. The minimum absolute atomic E-state index is 1.01. The summed E-state index contributed by atoms with van der Waals surface area (Å²) in [7, 11) is 1.97. The lowest BCUT2D eigenvalue weighted by Gasteiger charge is -2.33. The molecule has 0 N–H and O–H groups in total. The normalized spacial score (nSPS) is 16.3. The van der Waals surface area contributed by atoms with E-state index in [4.69, 9.17) is 4.98 Å². The second kappa shape index (κ2) is 6.98. The maximum atomic E-state index is 4.80. The Balaban J connectivity index is 1.34. The Hall–Kier alpha value is -2.18. The molecule has 1 fully saturated rings. The Kier molecular flexibility index (Phi) is 4.55. The smallest absolute Gasteiger partial charge is 0.188 e. The summed E-state index contributed by atoms with van der Waals surface area (Å²) >= 11 is 1.77. The minimum atomic E-state index is 1.01. The zero-order chi connectivity index (χ0) is 17.2. The third-order valence-corrected chi connectivity index (χ3v) is 5.86. The maximum absolute atomic E-state index is 4.80. The Labute approximate surface area is 152 Å². The van der Waals surface area contributed by atoms with Gasteiger partial charge in [0.2, 0.25) is 0 Å². The average molecular weight is 353 g/mol. The lowest BCUT2D eigenvalue weighted by Crippen LogP contribution is -2.46. The van der Waals surface area contributed by atoms with Crippen molar-refractivity contribution in [3.8, 4) is 0 Å². The first-order valence-corrected chi connectivity index (χ1v) is 9.51. The molecular weight excluding hydrogens is 330 g/mol. The molecule has 3 heterocycles. The highest BCUT2D eigenvalue weighted by Crippen LogP contribution is 2.31. The fraction of sp³-hybridized carbons (Fsp3) is 0.368. The molecule has 1 aliphatic heterocycles. The van der Waals surface area contributed by atoms with E-state index in [9.17, 15) is 0 Å². The van der Waals surface area contributed by atoms with Gasteiger partial charge >= 0.3 is 0 Å². The zero-order valence-corrected chi connectivity index (χ0v) is 15.5. The van der Waals surface area contributed by atoms with Crippen LogP contribution >= 0.6 is 11.3 Å². The number of aryl methyl sites for hydroxylation is 2. The van der Waals surface area contributed by atoms with Crippen LogP contribution in [0.25, 0.3) is 16.4 Å². The van der Waals surface area contributed by atoms with Gasteiger partial charge in [0.15, 0.2) is 10.8 Å². The van der Waals surface area contributed by atoms with E-state index < -0.39 is 0 Å². The van der Waals surface area contributed by atoms with Crippen molar-refractivity contribution in [1.82, 2.24) is 19.7 Å². The number of hydrogen-bond donors (Lipinski definition) is 0. The third-order valence-electron chi connectivity index (χ3n) is 4.65. The van der Waals surface area contributed by atoms with E-state index in [0.717, 1.165) is 49.2 Å². The van der Waals surface area contributed by atoms with Crippen LogP contribution in [-0.4, -0.2) is 52.4 Å². The van der Waals surface area contributed by atoms with Gasteiger partial charge in [-0.25, -0.2) is 9.67 Å². The lowest BCUT2D eigenvalue weighted by molar-refractivity contribution is 0.284. The number of piperazine rings is 1. The van der Waals surface area contributed by atoms with Gasteiger partial charge in [0.1, 0.15) is 0 Å². The van der Waals surface area contributed by atoms with Crippen LogP contribution in [0, 0.1) is 6.92 Å². The molecule has 0 spiro atoms. The average Bonchev–Trinajstić information content (AvgIpc) is 3.18. The molecule has 1 aliphatic rings. The van der Waals surface area contributed by atoms with Gasteiger partial charge in [-0.1, -0.05) is 53.8 Å². The summed E-state index contributed by atoms with van der Waals surface area (Å²) < 4.78 is 3.10. The molecule has 130 valence electrons. The van der Waals surface area contributed by atoms with Gasteiger partial charge in [-0.05, 0) is 12.5 Å². The van der Waals surface area contributed by atoms with E-state index in [1.54, 1.807) is 11.3 Å². The van der Waals surface area contributed by atoms with Gasteiger partial charge < -0.3 is 4.90 Å². The number of benzene rings is 1. The van der Waals surface area contributed by atoms with Crippen molar-refractivity contribution in [2.24, 2.45) is 7.05 Å². The Morgan fingerprint density at radius 3 is 2.60 bits per heavy atom. The van der Waals surface area contributed by atoms with Gasteiger partial charge in [0.05, 0.1) is 10.4 Å². The molecule has 0 amide bonds. The molecule has 0 bridgehead atoms. The summed E-state index contributed by atoms with van der Waals surface area (Å²) in [6.45, 7) is 7.28. The highest BCUT2D eigenvalue weighted by atomic mass is 32.1. The van der Waals surface area contributed by atoms with Crippen molar-refractivity contribution < 1.29 is 0 Å². The molecule has 5 nitrogen and oxygen atoms in total. The number of rotatable bonds is 4. The molecule has 3 aromatic rings. The molecule has 25 heavy (non-hydrogen) atoms. The van der Waals surface area contributed by atoms with Gasteiger partial charge in [-0.2, -0.15) is 5.10 Å². The predicted molar refractivity (Wildman–Crippen MR) is 105 cm³/mol. The molecule has 1 saturated heterocycles. The van der Waals surface area contributed by atoms with Crippen molar-refractivity contribution in [3.63, 3.8) is 0 Å². The van der Waals surface area contributed by atoms with E-state index >= 15 is 0 Å². The second-order valence-electron chi connectivity index (χ2n) is 6.46. The molecule has 4 rings (SSSR count). The van der Waals surface area contributed by atoms with Crippen LogP contribution in [0.1, 0.15) is 11.3 Å². The fourth-order valence-corrected chi connectivity index (χ4v) is 4.32. The summed E-state index contributed by atoms with van der Waals surface area (Å²) in [5.41, 5.74) is 3.34. The third kappa shape index (κ3) is 3.45. The summed E-state index contributed by atoms with van der Waals surface area (Å²) in [5, 5.41) is 5.57. The molecular formula is C19H23N5S. The molecule has 0 saturated carbocycles. The summed E-state index contributed by atoms with van der Waals surface area (Å²) in [5.74, 6) is 0. The van der Waals surface area contributed by atoms with Crippen LogP contribution in [0.3, 0.4) is 0 Å². The van der Waals surface area contributed by atoms with E-state index in [-0.39, 0.29) is 0 Å². The van der Waals surface area contributed by atoms with Crippen LogP contribution in [0.15, 0.2) is 36.4 Å². The van der Waals surface area contributed by atoms with Crippen molar-refractivity contribution in [2.75, 3.05) is 37.6 Å². The first-order chi connectivity index (χ1) is 12.2. The van der Waals surface area contributed by atoms with Crippen LogP contribution in [0.2, 0.25) is 0 Å². The zero-order valence-electron chi connectivity index (χ0n) is 14.7. The number of hydrogen-bond acceptors (Lipinski definition) is 5. The number of anilines is 1. The highest BCUT2D eigenvalue weighted by Gasteiger charge is 2.21. The SMILES string of the molecule is Cc1nn(C)c2nc(N3CCN(CC=Cc4ccccc4)CC3)sc12. The molecule has 0 atom stereocenters. The van der Waals surface area contributed by atoms with Crippen molar-refractivity contribution in [3.05, 3.63) is 47.7 Å². The van der Waals surface area contributed by atoms with Crippen LogP contribution in [-0.2, 0) is 7.05 Å². The van der Waals surface area contributed by atoms with Crippen LogP contribution in [0.5, 0.6) is 0 Å². The topological polar surface area (TPSA) is 37.2 Å². The summed E-state index contributed by atoms with van der Waals surface area (Å²) in [6, 6.07) is 10.5. The van der Waals surface area contributed by atoms with Gasteiger partial charge in [0.25, 0.3) is 0 Å². The Bertz CT molecular complexity index is 837. The molecule has 6 heteroatoms. The van der Waals surface area contributed by atoms with E-state index in [0.29, 0.717) is 0 Å². The van der Waals surface area contributed by atoms with Crippen LogP contribution < -0.4 is 4.90 Å². The number of fused-ring (bicyclic) bond motifs is 1. The quantitative estimate of drug-likeness (QED) is 0.722. The van der Waals surface area contributed by atoms with E-state index in [2.05, 4.69) is 64.3 Å². The number of nitrogens with zero attached hydrogens (tertiary/aromatic N) is 5. The lowest BCUT2D eigenvalue weighted by atomic mass is 10.2. The van der Waals surface area contributed by atoms with E-state index in [1.165, 1.54) is 10.3 Å². The van der Waals surface area contributed by atoms with Gasteiger partial charge in [-0.3, -0.25) is 4.90 Å². The first kappa shape index (κ1) is 16.3. The number of thiazole rings is 1. The van der Waals surface area contributed by atoms with Crippen LogP contribution in [0.4, 0.5) is 5.13 Å². The number of aromatic nitrogens is 3. The highest BCUT2D eigenvalue weighted by molar-refractivity contribution is 7.22. The molecule has 0 aliphatic carbocycles. The molecule has 2 aromatic heterocycles. The Morgan fingerprint density at radius 2 is 1.88 bits per heavy atom. The first-order valence-electron chi connectivity index (χ1n) is 8.70.